The second kappa shape index (κ2) is 72.2. The molecule has 0 nitrogen and oxygen atoms in total. The van der Waals surface area contributed by atoms with E-state index >= 15 is 0 Å². The molecule has 0 saturated heterocycles. The second-order valence-electron chi connectivity index (χ2n) is 5.83. The molecule has 0 fully saturated rings. The van der Waals surface area contributed by atoms with Gasteiger partial charge in [0.1, 0.15) is 0 Å². The van der Waals surface area contributed by atoms with Crippen molar-refractivity contribution in [3.05, 3.63) is 0 Å². The summed E-state index contributed by atoms with van der Waals surface area (Å²) >= 11 is 0. The summed E-state index contributed by atoms with van der Waals surface area (Å²) < 4.78 is 0. The van der Waals surface area contributed by atoms with Gasteiger partial charge < -0.3 is 0 Å². The van der Waals surface area contributed by atoms with Crippen LogP contribution in [0, 0.1) is 17.8 Å². The van der Waals surface area contributed by atoms with Gasteiger partial charge in [-0.2, -0.15) is 0 Å². The zero-order chi connectivity index (χ0) is 13.0. The van der Waals surface area contributed by atoms with Crippen LogP contribution in [0.1, 0.15) is 169 Å². The van der Waals surface area contributed by atoms with Crippen LogP contribution in [-0.2, 0) is 0 Å². The molecule has 2 atom stereocenters. The summed E-state index contributed by atoms with van der Waals surface area (Å²) in [6, 6.07) is 0. The van der Waals surface area contributed by atoms with Crippen LogP contribution < -0.4 is 0 Å². The molecule has 0 aromatic carbocycles. The van der Waals surface area contributed by atoms with E-state index in [1.807, 2.05) is 0 Å². The molecule has 0 radical (unpaired) electrons. The molecule has 0 aliphatic carbocycles. The second-order valence-corrected chi connectivity index (χ2v) is 5.83. The fourth-order valence-corrected chi connectivity index (χ4v) is 2.11. The van der Waals surface area contributed by atoms with Crippen LogP contribution in [0.15, 0.2) is 0 Å². The Hall–Kier alpha value is 0. The monoisotopic (exact) mass is 405 g/mol. The van der Waals surface area contributed by atoms with Crippen molar-refractivity contribution in [2.45, 2.75) is 169 Å². The minimum atomic E-state index is 0. The first-order valence-corrected chi connectivity index (χ1v) is 7.47. The third-order valence-corrected chi connectivity index (χ3v) is 3.13. The summed E-state index contributed by atoms with van der Waals surface area (Å²) in [6.07, 6.45) is 8.22. The fourth-order valence-electron chi connectivity index (χ4n) is 2.11. The third-order valence-electron chi connectivity index (χ3n) is 3.13. The van der Waals surface area contributed by atoms with E-state index in [2.05, 4.69) is 48.5 Å². The van der Waals surface area contributed by atoms with Gasteiger partial charge in [0, 0.05) is 0 Å². The van der Waals surface area contributed by atoms with E-state index < -0.39 is 0 Å². The SMILES string of the molecule is C.C.C.C.C.C.C.C.C.C.C.CCCC(C)CC.CCCC(C)CC(C)C. The van der Waals surface area contributed by atoms with E-state index in [4.69, 9.17) is 0 Å². The lowest BCUT2D eigenvalue weighted by molar-refractivity contribution is 0.412. The van der Waals surface area contributed by atoms with Crippen LogP contribution in [0.3, 0.4) is 0 Å². The molecule has 0 heteroatoms. The van der Waals surface area contributed by atoms with Crippen molar-refractivity contribution in [2.75, 3.05) is 0 Å². The van der Waals surface area contributed by atoms with E-state index in [0.29, 0.717) is 0 Å². The largest absolute Gasteiger partial charge is 0.0776 e. The predicted octanol–water partition coefficient (Wildman–Crippen LogP) is 13.3. The quantitative estimate of drug-likeness (QED) is 0.395. The highest BCUT2D eigenvalue weighted by molar-refractivity contribution is 4.54. The lowest BCUT2D eigenvalue weighted by Gasteiger charge is -2.11. The van der Waals surface area contributed by atoms with Gasteiger partial charge >= 0.3 is 0 Å². The molecule has 0 aliphatic rings. The Bertz CT molecular complexity index is 115. The Morgan fingerprint density at radius 1 is 0.444 bits per heavy atom. The molecule has 188 valence electrons. The Balaban J connectivity index is -0.00000000947. The van der Waals surface area contributed by atoms with Gasteiger partial charge in [-0.25, -0.2) is 0 Å². The lowest BCUT2D eigenvalue weighted by Crippen LogP contribution is -1.98. The van der Waals surface area contributed by atoms with E-state index in [-0.39, 0.29) is 81.7 Å². The van der Waals surface area contributed by atoms with Crippen LogP contribution in [0.4, 0.5) is 0 Å². The van der Waals surface area contributed by atoms with Crippen LogP contribution in [-0.4, -0.2) is 0 Å². The summed E-state index contributed by atoms with van der Waals surface area (Å²) in [5.74, 6) is 2.77. The minimum Gasteiger partial charge on any atom is -0.0776 e. The smallest absolute Gasteiger partial charge is 0.0440 e. The zero-order valence-electron chi connectivity index (χ0n) is 13.0. The Morgan fingerprint density at radius 2 is 0.704 bits per heavy atom. The maximum Gasteiger partial charge on any atom is -0.0440 e. The van der Waals surface area contributed by atoms with Crippen molar-refractivity contribution in [2.24, 2.45) is 17.8 Å². The molecule has 2 unspecified atom stereocenters. The van der Waals surface area contributed by atoms with Crippen molar-refractivity contribution in [3.8, 4) is 0 Å². The van der Waals surface area contributed by atoms with Crippen molar-refractivity contribution in [1.29, 1.82) is 0 Å². The molecular weight excluding hydrogens is 324 g/mol. The third kappa shape index (κ3) is 104. The Kier molecular flexibility index (Phi) is 249. The standard InChI is InChI=1S/C9H20.C7H16.11CH4/c1-5-6-9(4)7-8(2)3;1-4-6-7(3)5-2;;;;;;;;;;;/h8-9H,5-7H2,1-4H3;7H,4-6H2,1-3H3;11*1H4. The average Bonchev–Trinajstić information content (AvgIpc) is 2.18. The van der Waals surface area contributed by atoms with Gasteiger partial charge in [0.15, 0.2) is 0 Å². The maximum absolute atomic E-state index is 2.35. The minimum absolute atomic E-state index is 0. The normalized spacial score (nSPS) is 8.44. The summed E-state index contributed by atoms with van der Waals surface area (Å²) in [5, 5.41) is 0. The molecule has 0 heterocycles. The molecule has 0 aliphatic heterocycles. The Labute approximate surface area is 186 Å². The van der Waals surface area contributed by atoms with Crippen molar-refractivity contribution in [1.82, 2.24) is 0 Å². The van der Waals surface area contributed by atoms with Gasteiger partial charge in [0.2, 0.25) is 0 Å². The van der Waals surface area contributed by atoms with Gasteiger partial charge in [-0.1, -0.05) is 162 Å². The fraction of sp³-hybridized carbons (Fsp3) is 1.00. The van der Waals surface area contributed by atoms with Crippen LogP contribution in [0.2, 0.25) is 0 Å². The first-order chi connectivity index (χ1) is 7.47. The average molecular weight is 405 g/mol. The van der Waals surface area contributed by atoms with Gasteiger partial charge in [-0.15, -0.1) is 0 Å². The maximum atomic E-state index is 2.35. The molecule has 0 amide bonds. The van der Waals surface area contributed by atoms with Gasteiger partial charge in [-0.05, 0) is 24.2 Å². The summed E-state index contributed by atoms with van der Waals surface area (Å²) in [4.78, 5) is 0. The molecule has 0 rings (SSSR count). The van der Waals surface area contributed by atoms with E-state index in [0.717, 1.165) is 17.8 Å². The first-order valence-electron chi connectivity index (χ1n) is 7.47. The van der Waals surface area contributed by atoms with Crippen LogP contribution in [0.25, 0.3) is 0 Å². The van der Waals surface area contributed by atoms with Gasteiger partial charge in [0.05, 0.1) is 0 Å². The molecule has 0 saturated carbocycles. The zero-order valence-corrected chi connectivity index (χ0v) is 13.0. The molecule has 0 N–H and O–H groups in total. The van der Waals surface area contributed by atoms with Gasteiger partial charge in [-0.3, -0.25) is 0 Å². The lowest BCUT2D eigenvalue weighted by atomic mass is 9.95. The van der Waals surface area contributed by atoms with E-state index in [9.17, 15) is 0 Å². The van der Waals surface area contributed by atoms with Crippen molar-refractivity contribution >= 4 is 0 Å². The van der Waals surface area contributed by atoms with E-state index in [1.165, 1.54) is 38.5 Å². The number of hydrogen-bond donors (Lipinski definition) is 0. The summed E-state index contributed by atoms with van der Waals surface area (Å²) in [5.41, 5.74) is 0. The summed E-state index contributed by atoms with van der Waals surface area (Å²) in [6.45, 7) is 16.0. The molecule has 0 spiro atoms. The molecule has 0 aromatic heterocycles. The highest BCUT2D eigenvalue weighted by atomic mass is 14.1. The van der Waals surface area contributed by atoms with Gasteiger partial charge in [0.25, 0.3) is 0 Å². The van der Waals surface area contributed by atoms with Crippen molar-refractivity contribution < 1.29 is 0 Å². The highest BCUT2D eigenvalue weighted by Gasteiger charge is 2.02. The predicted molar refractivity (Wildman–Crippen MR) is 152 cm³/mol. The van der Waals surface area contributed by atoms with Crippen LogP contribution >= 0.6 is 0 Å². The molecule has 0 aromatic rings. The Morgan fingerprint density at radius 3 is 0.852 bits per heavy atom. The molecule has 27 heavy (non-hydrogen) atoms. The van der Waals surface area contributed by atoms with Crippen LogP contribution in [0.5, 0.6) is 0 Å². The van der Waals surface area contributed by atoms with Crippen molar-refractivity contribution in [3.63, 3.8) is 0 Å². The molecular formula is C27H80. The molecule has 0 bridgehead atoms. The summed E-state index contributed by atoms with van der Waals surface area (Å²) in [7, 11) is 0. The number of rotatable bonds is 7. The van der Waals surface area contributed by atoms with E-state index in [1.54, 1.807) is 0 Å². The first kappa shape index (κ1) is 93.1. The number of hydrogen-bond acceptors (Lipinski definition) is 0. The highest BCUT2D eigenvalue weighted by Crippen LogP contribution is 2.15. The topological polar surface area (TPSA) is 0 Å².